The van der Waals surface area contributed by atoms with Crippen molar-refractivity contribution in [3.8, 4) is 11.5 Å². The maximum absolute atomic E-state index is 13.9. The van der Waals surface area contributed by atoms with Gasteiger partial charge >= 0.3 is 5.69 Å². The first kappa shape index (κ1) is 48.9. The summed E-state index contributed by atoms with van der Waals surface area (Å²) in [5.74, 6) is 1.38. The molecule has 5 atom stereocenters. The molecule has 3 unspecified atom stereocenters. The van der Waals surface area contributed by atoms with E-state index in [-0.39, 0.29) is 42.4 Å². The summed E-state index contributed by atoms with van der Waals surface area (Å²) < 4.78 is 50.5. The third-order valence-corrected chi connectivity index (χ3v) is 18.3. The first-order valence-corrected chi connectivity index (χ1v) is 25.3. The highest BCUT2D eigenvalue weighted by Gasteiger charge is 2.54. The van der Waals surface area contributed by atoms with Crippen molar-refractivity contribution < 1.29 is 32.4 Å². The molecule has 0 bridgehead atoms. The third-order valence-electron chi connectivity index (χ3n) is 11.7. The molecule has 4 aromatic rings. The van der Waals surface area contributed by atoms with Gasteiger partial charge in [0.1, 0.15) is 48.1 Å². The Labute approximate surface area is 369 Å². The number of H-pyrrole nitrogens is 1. The van der Waals surface area contributed by atoms with E-state index in [1.165, 1.54) is 4.57 Å². The summed E-state index contributed by atoms with van der Waals surface area (Å²) in [5.41, 5.74) is 0.488. The van der Waals surface area contributed by atoms with Crippen molar-refractivity contribution in [1.29, 1.82) is 0 Å². The average Bonchev–Trinajstić information content (AvgIpc) is 3.56. The first-order chi connectivity index (χ1) is 29.4. The Morgan fingerprint density at radius 2 is 1.42 bits per heavy atom. The summed E-state index contributed by atoms with van der Waals surface area (Å²) in [6.45, 7) is 29.1. The molecule has 1 aliphatic rings. The van der Waals surface area contributed by atoms with Gasteiger partial charge in [-0.25, -0.2) is 16.0 Å². The fraction of sp³-hybridized carbons (Fsp3) is 0.511. The lowest BCUT2D eigenvalue weighted by molar-refractivity contribution is -0.0808. The third kappa shape index (κ3) is 10.8. The van der Waals surface area contributed by atoms with Crippen LogP contribution in [-0.4, -0.2) is 86.9 Å². The number of hydrogen-bond donors (Lipinski definition) is 1. The van der Waals surface area contributed by atoms with Crippen molar-refractivity contribution in [2.45, 2.75) is 122 Å². The lowest BCUT2D eigenvalue weighted by Crippen LogP contribution is -2.50. The minimum atomic E-state index is -2.65. The van der Waals surface area contributed by atoms with Crippen molar-refractivity contribution in [2.24, 2.45) is 0 Å². The molecule has 0 aliphatic carbocycles. The van der Waals surface area contributed by atoms with Crippen LogP contribution >= 0.6 is 8.53 Å². The first-order valence-electron chi connectivity index (χ1n) is 21.3. The molecule has 15 heteroatoms. The Bertz CT molecular complexity index is 2150. The highest BCUT2D eigenvalue weighted by molar-refractivity contribution is 7.44. The van der Waals surface area contributed by atoms with Gasteiger partial charge in [0, 0.05) is 24.8 Å². The Morgan fingerprint density at radius 1 is 0.871 bits per heavy atom. The number of hydrogen-bond acceptors (Lipinski definition) is 10. The van der Waals surface area contributed by atoms with Gasteiger partial charge in [0.25, 0.3) is 14.1 Å². The molecule has 1 aliphatic heterocycles. The number of ether oxygens (including phenoxy) is 4. The van der Waals surface area contributed by atoms with Crippen molar-refractivity contribution in [1.82, 2.24) is 14.2 Å². The van der Waals surface area contributed by atoms with E-state index < -0.39 is 58.1 Å². The van der Waals surface area contributed by atoms with E-state index in [0.717, 1.165) is 16.7 Å². The molecule has 1 saturated heterocycles. The van der Waals surface area contributed by atoms with Crippen LogP contribution in [0.1, 0.15) is 83.7 Å². The second-order valence-corrected chi connectivity index (χ2v) is 23.6. The van der Waals surface area contributed by atoms with Gasteiger partial charge in [-0.05, 0) is 93.7 Å². The van der Waals surface area contributed by atoms with Gasteiger partial charge in [0.15, 0.2) is 8.32 Å². The summed E-state index contributed by atoms with van der Waals surface area (Å²) in [5, 5.41) is -0.241. The summed E-state index contributed by atoms with van der Waals surface area (Å²) in [7, 11) is -1.20. The number of aromatic nitrogens is 2. The number of methoxy groups -OCH3 is 2. The molecule has 5 rings (SSSR count). The molecular weight excluding hydrogens is 824 g/mol. The molecule has 13 nitrogen and oxygen atoms in total. The van der Waals surface area contributed by atoms with Gasteiger partial charge in [0.2, 0.25) is 6.54 Å². The van der Waals surface area contributed by atoms with Crippen LogP contribution in [0, 0.1) is 6.57 Å². The van der Waals surface area contributed by atoms with Crippen molar-refractivity contribution in [3.63, 3.8) is 0 Å². The van der Waals surface area contributed by atoms with Crippen LogP contribution < -0.4 is 20.7 Å². The lowest BCUT2D eigenvalue weighted by atomic mass is 9.80. The normalized spacial score (nSPS) is 18.9. The monoisotopic (exact) mass is 888 g/mol. The van der Waals surface area contributed by atoms with E-state index in [9.17, 15) is 9.59 Å². The molecule has 2 heterocycles. The quantitative estimate of drug-likeness (QED) is 0.0302. The Hall–Kier alpha value is -4.16. The largest absolute Gasteiger partial charge is 0.497 e. The maximum Gasteiger partial charge on any atom is 0.328 e. The van der Waals surface area contributed by atoms with Crippen molar-refractivity contribution in [3.05, 3.63) is 140 Å². The van der Waals surface area contributed by atoms with E-state index in [4.69, 9.17) is 39.0 Å². The van der Waals surface area contributed by atoms with Crippen LogP contribution in [0.4, 0.5) is 0 Å². The molecule has 1 fully saturated rings. The Kier molecular flexibility index (Phi) is 16.6. The number of nitrogens with one attached hydrogen (secondary N) is 1. The van der Waals surface area contributed by atoms with Crippen LogP contribution in [0.2, 0.25) is 18.1 Å². The molecule has 336 valence electrons. The number of rotatable bonds is 20. The molecule has 0 saturated carbocycles. The number of nitrogens with zero attached hydrogens (tertiary/aromatic N) is 3. The summed E-state index contributed by atoms with van der Waals surface area (Å²) >= 11 is 0. The Morgan fingerprint density at radius 3 is 1.90 bits per heavy atom. The molecule has 0 amide bonds. The topological polar surface area (TPSA) is 127 Å². The molecule has 1 N–H and O–H groups in total. The fourth-order valence-corrected chi connectivity index (χ4v) is 10.6. The van der Waals surface area contributed by atoms with E-state index >= 15 is 0 Å². The molecule has 1 aromatic heterocycles. The van der Waals surface area contributed by atoms with Gasteiger partial charge < -0.3 is 41.8 Å². The molecular formula is C47H65N4O9PSi. The van der Waals surface area contributed by atoms with E-state index in [1.54, 1.807) is 20.4 Å². The minimum Gasteiger partial charge on any atom is -0.497 e. The standard InChI is InChI=1S/C47H65N4O9PSi/c1-14-50-30-39(44(52)49-45(50)53)41-43(60-62(12,13)46(6,7)8)42(59-61(57-29-28-48-9)51(32(2)3)33(4)5)40(58-41)31-56-47(34-18-16-15-17-19-34,35-20-24-37(54-10)25-21-35)36-22-26-38(55-11)27-23-36/h15-27,30,32-33,40-43H,14,28-29,31H2,1-8,10-13H3,(H,49,52,53)/t40-,41+,42?,43?,61?/m1/s1. The SMILES string of the molecule is [C-]#[N+]CCOP(OC1C(O[Si](C)(C)C(C)(C)C)[C@H](c2cn(CC)c(=O)[nH]c2=O)O[C@@H]1COC(c1ccccc1)(c1ccc(OC)cc1)c1ccc(OC)cc1)N(C(C)C)C(C)C. The fourth-order valence-electron chi connectivity index (χ4n) is 7.52. The summed E-state index contributed by atoms with van der Waals surface area (Å²) in [6.07, 6.45) is -1.93. The van der Waals surface area contributed by atoms with Crippen LogP contribution in [0.3, 0.4) is 0 Å². The number of benzene rings is 3. The molecule has 3 aromatic carbocycles. The zero-order valence-electron chi connectivity index (χ0n) is 38.3. The van der Waals surface area contributed by atoms with E-state index in [2.05, 4.69) is 76.1 Å². The second kappa shape index (κ2) is 21.0. The number of aryl methyl sites for hydroxylation is 1. The lowest BCUT2D eigenvalue weighted by Gasteiger charge is -2.42. The van der Waals surface area contributed by atoms with Gasteiger partial charge in [0.05, 0.1) is 26.4 Å². The second-order valence-electron chi connectivity index (χ2n) is 17.5. The summed E-state index contributed by atoms with van der Waals surface area (Å²) in [6, 6.07) is 25.6. The molecule has 62 heavy (non-hydrogen) atoms. The highest BCUT2D eigenvalue weighted by atomic mass is 31.2. The Balaban J connectivity index is 1.76. The predicted octanol–water partition coefficient (Wildman–Crippen LogP) is 9.08. The van der Waals surface area contributed by atoms with Crippen molar-refractivity contribution in [2.75, 3.05) is 34.0 Å². The molecule has 0 spiro atoms. The van der Waals surface area contributed by atoms with Crippen LogP contribution in [0.25, 0.3) is 4.85 Å². The van der Waals surface area contributed by atoms with Crippen LogP contribution in [-0.2, 0) is 35.1 Å². The van der Waals surface area contributed by atoms with Crippen molar-refractivity contribution >= 4 is 16.8 Å². The van der Waals surface area contributed by atoms with Gasteiger partial charge in [-0.2, -0.15) is 0 Å². The maximum atomic E-state index is 13.9. The summed E-state index contributed by atoms with van der Waals surface area (Å²) in [4.78, 5) is 32.9. The van der Waals surface area contributed by atoms with Crippen LogP contribution in [0.5, 0.6) is 11.5 Å². The smallest absolute Gasteiger partial charge is 0.328 e. The van der Waals surface area contributed by atoms with E-state index in [1.807, 2.05) is 85.8 Å². The highest BCUT2D eigenvalue weighted by Crippen LogP contribution is 2.53. The van der Waals surface area contributed by atoms with Gasteiger partial charge in [-0.15, -0.1) is 0 Å². The average molecular weight is 889 g/mol. The zero-order valence-corrected chi connectivity index (χ0v) is 40.2. The van der Waals surface area contributed by atoms with Gasteiger partial charge in [-0.1, -0.05) is 75.4 Å². The van der Waals surface area contributed by atoms with Crippen LogP contribution in [0.15, 0.2) is 94.6 Å². The molecule has 0 radical (unpaired) electrons. The van der Waals surface area contributed by atoms with E-state index in [0.29, 0.717) is 18.0 Å². The van der Waals surface area contributed by atoms with Gasteiger partial charge in [-0.3, -0.25) is 9.78 Å². The minimum absolute atomic E-state index is 0.00783. The predicted molar refractivity (Wildman–Crippen MR) is 246 cm³/mol. The zero-order chi connectivity index (χ0) is 45.4. The number of aromatic amines is 1.